The number of halogens is 1. The average Bonchev–Trinajstić information content (AvgIpc) is 3.48. The highest BCUT2D eigenvalue weighted by Gasteiger charge is 2.71. The van der Waals surface area contributed by atoms with Crippen molar-refractivity contribution in [2.75, 3.05) is 13.2 Å². The van der Waals surface area contributed by atoms with E-state index >= 15 is 0 Å². The number of rotatable bonds is 6. The summed E-state index contributed by atoms with van der Waals surface area (Å²) in [5.41, 5.74) is 0.974. The Hall–Kier alpha value is -2.46. The van der Waals surface area contributed by atoms with Gasteiger partial charge < -0.3 is 24.8 Å². The van der Waals surface area contributed by atoms with E-state index in [1.54, 1.807) is 30.5 Å². The summed E-state index contributed by atoms with van der Waals surface area (Å²) < 4.78 is 10.9. The highest BCUT2D eigenvalue weighted by atomic mass is 35.5. The van der Waals surface area contributed by atoms with E-state index in [9.17, 15) is 24.9 Å². The number of aliphatic hydroxyl groups is 3. The van der Waals surface area contributed by atoms with Crippen molar-refractivity contribution in [2.24, 2.45) is 33.7 Å². The van der Waals surface area contributed by atoms with Gasteiger partial charge in [-0.1, -0.05) is 18.5 Å². The number of hydrogen-bond acceptors (Lipinski definition) is 8. The van der Waals surface area contributed by atoms with Crippen molar-refractivity contribution in [3.63, 3.8) is 0 Å². The molecule has 42 heavy (non-hydrogen) atoms. The van der Waals surface area contributed by atoms with Gasteiger partial charge in [0.05, 0.1) is 17.3 Å². The molecule has 4 N–H and O–H groups in total. The number of nitrogens with zero attached hydrogens (tertiary/aromatic N) is 1. The molecule has 10 heteroatoms. The van der Waals surface area contributed by atoms with E-state index in [-0.39, 0.29) is 36.8 Å². The molecule has 0 unspecified atom stereocenters. The van der Waals surface area contributed by atoms with Crippen LogP contribution in [-0.2, 0) is 14.3 Å². The quantitative estimate of drug-likeness (QED) is 0.221. The van der Waals surface area contributed by atoms with Gasteiger partial charge in [0.15, 0.2) is 6.61 Å². The van der Waals surface area contributed by atoms with Crippen LogP contribution < -0.4 is 10.2 Å². The first-order valence-corrected chi connectivity index (χ1v) is 15.5. The van der Waals surface area contributed by atoms with Crippen molar-refractivity contribution >= 4 is 29.7 Å². The molecule has 4 fully saturated rings. The number of ether oxygens (including phenoxy) is 2. The van der Waals surface area contributed by atoms with Gasteiger partial charge in [0.25, 0.3) is 5.91 Å². The first kappa shape index (κ1) is 29.6. The van der Waals surface area contributed by atoms with Gasteiger partial charge in [0.2, 0.25) is 0 Å². The summed E-state index contributed by atoms with van der Waals surface area (Å²) in [6.07, 6.45) is 7.91. The van der Waals surface area contributed by atoms with Crippen molar-refractivity contribution in [1.82, 2.24) is 5.43 Å². The van der Waals surface area contributed by atoms with Crippen molar-refractivity contribution < 1.29 is 34.4 Å². The fourth-order valence-electron chi connectivity index (χ4n) is 9.53. The number of aliphatic hydroxyl groups excluding tert-OH is 1. The zero-order valence-corrected chi connectivity index (χ0v) is 25.0. The van der Waals surface area contributed by atoms with E-state index in [0.717, 1.165) is 30.4 Å². The van der Waals surface area contributed by atoms with Gasteiger partial charge in [-0.3, -0.25) is 4.79 Å². The summed E-state index contributed by atoms with van der Waals surface area (Å²) in [4.78, 5) is 24.5. The van der Waals surface area contributed by atoms with E-state index in [1.165, 1.54) is 0 Å². The Morgan fingerprint density at radius 1 is 1.17 bits per heavy atom. The summed E-state index contributed by atoms with van der Waals surface area (Å²) in [7, 11) is 0. The molecule has 228 valence electrons. The second-order valence-electron chi connectivity index (χ2n) is 13.5. The molecule has 0 saturated heterocycles. The van der Waals surface area contributed by atoms with Gasteiger partial charge in [-0.15, -0.1) is 0 Å². The summed E-state index contributed by atoms with van der Waals surface area (Å²) in [5, 5.41) is 40.2. The molecular weight excluding hydrogens is 560 g/mol. The Kier molecular flexibility index (Phi) is 7.48. The number of benzene rings is 1. The van der Waals surface area contributed by atoms with Gasteiger partial charge in [0.1, 0.15) is 12.4 Å². The monoisotopic (exact) mass is 600 g/mol. The third-order valence-electron chi connectivity index (χ3n) is 11.6. The smallest absolute Gasteiger partial charge is 0.331 e. The molecule has 4 saturated carbocycles. The molecule has 1 aliphatic heterocycles. The first-order chi connectivity index (χ1) is 19.9. The van der Waals surface area contributed by atoms with Crippen LogP contribution in [0.3, 0.4) is 0 Å². The highest BCUT2D eigenvalue weighted by Crippen LogP contribution is 2.70. The SMILES string of the molecule is Cc1cc(Cl)ccc1OCC(=O)N/N=C\[C@]12CC[C@@H](O)C[C@]1(O)CC[C@@H]1[C@@H]2CC[C@]2(C)[C@H](C3=CC(=O)OC3)CC[C@]12O. The second-order valence-corrected chi connectivity index (χ2v) is 13.9. The molecule has 0 radical (unpaired) electrons. The van der Waals surface area contributed by atoms with Gasteiger partial charge in [-0.2, -0.15) is 5.10 Å². The molecule has 8 atom stereocenters. The third kappa shape index (κ3) is 4.59. The summed E-state index contributed by atoms with van der Waals surface area (Å²) >= 11 is 6.01. The van der Waals surface area contributed by atoms with E-state index < -0.39 is 34.0 Å². The second kappa shape index (κ2) is 10.6. The standard InChI is InChI=1S/C32H41ClN2O7/c1-19-13-21(33)3-4-26(19)41-17-27(37)35-34-18-30-10-5-22(36)15-31(30,39)11-7-25-24(30)6-9-29(2)23(8-12-32(25,29)40)20-14-28(38)42-16-20/h3-4,13-14,18,22-25,36,39-40H,5-12,15-17H2,1-2H3,(H,35,37)/b34-18-/t22-,23+,24+,25-,29-,30+,31-,32+/m1/s1. The Morgan fingerprint density at radius 2 is 1.95 bits per heavy atom. The minimum absolute atomic E-state index is 0.0667. The predicted octanol–water partition coefficient (Wildman–Crippen LogP) is 3.84. The van der Waals surface area contributed by atoms with Crippen LogP contribution in [0, 0.1) is 35.5 Å². The Labute approximate surface area is 251 Å². The fourth-order valence-corrected chi connectivity index (χ4v) is 9.76. The number of fused-ring (bicyclic) bond motifs is 5. The third-order valence-corrected chi connectivity index (χ3v) is 11.9. The van der Waals surface area contributed by atoms with Gasteiger partial charge in [-0.25, -0.2) is 10.2 Å². The number of hydrazone groups is 1. The topological polar surface area (TPSA) is 138 Å². The van der Waals surface area contributed by atoms with Gasteiger partial charge in [-0.05, 0) is 105 Å². The molecule has 9 nitrogen and oxygen atoms in total. The number of amides is 1. The van der Waals surface area contributed by atoms with E-state index in [4.69, 9.17) is 21.1 Å². The lowest BCUT2D eigenvalue weighted by Gasteiger charge is -2.65. The molecule has 0 spiro atoms. The Morgan fingerprint density at radius 3 is 2.69 bits per heavy atom. The number of esters is 1. The largest absolute Gasteiger partial charge is 0.483 e. The van der Waals surface area contributed by atoms with Crippen LogP contribution in [0.15, 0.2) is 34.9 Å². The number of cyclic esters (lactones) is 1. The highest BCUT2D eigenvalue weighted by molar-refractivity contribution is 6.30. The van der Waals surface area contributed by atoms with Gasteiger partial charge in [0, 0.05) is 34.6 Å². The molecule has 0 aromatic heterocycles. The molecule has 1 aromatic carbocycles. The minimum Gasteiger partial charge on any atom is -0.483 e. The molecular formula is C32H41ClN2O7. The zero-order chi connectivity index (χ0) is 29.9. The van der Waals surface area contributed by atoms with E-state index in [1.807, 2.05) is 6.92 Å². The molecule has 1 aromatic rings. The lowest BCUT2D eigenvalue weighted by atomic mass is 9.41. The van der Waals surface area contributed by atoms with Crippen LogP contribution >= 0.6 is 11.6 Å². The number of aryl methyl sites for hydroxylation is 1. The van der Waals surface area contributed by atoms with Crippen LogP contribution in [0.4, 0.5) is 0 Å². The normalized spacial score (nSPS) is 41.0. The summed E-state index contributed by atoms with van der Waals surface area (Å²) in [5.74, 6) is -0.290. The zero-order valence-electron chi connectivity index (χ0n) is 24.3. The van der Waals surface area contributed by atoms with Crippen LogP contribution in [0.2, 0.25) is 5.02 Å². The van der Waals surface area contributed by atoms with Crippen molar-refractivity contribution in [3.05, 3.63) is 40.4 Å². The predicted molar refractivity (Wildman–Crippen MR) is 156 cm³/mol. The number of nitrogens with one attached hydrogen (secondary N) is 1. The molecule has 5 aliphatic rings. The van der Waals surface area contributed by atoms with Crippen LogP contribution in [0.1, 0.15) is 70.3 Å². The molecule has 0 bridgehead atoms. The van der Waals surface area contributed by atoms with Crippen LogP contribution in [0.5, 0.6) is 5.75 Å². The van der Waals surface area contributed by atoms with Crippen molar-refractivity contribution in [1.29, 1.82) is 0 Å². The maximum atomic E-state index is 12.7. The summed E-state index contributed by atoms with van der Waals surface area (Å²) in [6.45, 7) is 4.06. The summed E-state index contributed by atoms with van der Waals surface area (Å²) in [6, 6.07) is 5.17. The van der Waals surface area contributed by atoms with Crippen LogP contribution in [0.25, 0.3) is 0 Å². The molecule has 4 aliphatic carbocycles. The first-order valence-electron chi connectivity index (χ1n) is 15.1. The van der Waals surface area contributed by atoms with E-state index in [2.05, 4.69) is 17.5 Å². The average molecular weight is 601 g/mol. The lowest BCUT2D eigenvalue weighted by molar-refractivity contribution is -0.237. The van der Waals surface area contributed by atoms with Gasteiger partial charge >= 0.3 is 5.97 Å². The molecule has 1 heterocycles. The van der Waals surface area contributed by atoms with Crippen LogP contribution in [-0.4, -0.2) is 63.9 Å². The lowest BCUT2D eigenvalue weighted by Crippen LogP contribution is -2.68. The molecule has 1 amide bonds. The number of carbonyl (C=O) groups is 2. The molecule has 6 rings (SSSR count). The maximum Gasteiger partial charge on any atom is 0.331 e. The minimum atomic E-state index is -1.20. The van der Waals surface area contributed by atoms with Crippen molar-refractivity contribution in [3.8, 4) is 5.75 Å². The fraction of sp³-hybridized carbons (Fsp3) is 0.656. The number of hydrogen-bond donors (Lipinski definition) is 4. The Balaban J connectivity index is 1.23. The van der Waals surface area contributed by atoms with Crippen molar-refractivity contribution in [2.45, 2.75) is 88.9 Å². The number of carbonyl (C=O) groups excluding carboxylic acids is 2. The maximum absolute atomic E-state index is 12.7. The van der Waals surface area contributed by atoms with E-state index in [0.29, 0.717) is 49.5 Å². The Bertz CT molecular complexity index is 1330.